The predicted octanol–water partition coefficient (Wildman–Crippen LogP) is 4.08. The third kappa shape index (κ3) is 5.90. The molecule has 0 radical (unpaired) electrons. The normalized spacial score (nSPS) is 15.8. The molecule has 2 aromatic carbocycles. The first-order valence-corrected chi connectivity index (χ1v) is 13.4. The summed E-state index contributed by atoms with van der Waals surface area (Å²) in [5.41, 5.74) is 1.05. The Hall–Kier alpha value is -3.21. The zero-order valence-electron chi connectivity index (χ0n) is 19.1. The first-order chi connectivity index (χ1) is 16.9. The number of benzene rings is 2. The highest BCUT2D eigenvalue weighted by molar-refractivity contribution is 7.91. The van der Waals surface area contributed by atoms with Gasteiger partial charge in [-0.2, -0.15) is 4.31 Å². The van der Waals surface area contributed by atoms with Crippen LogP contribution in [0.2, 0.25) is 0 Å². The second-order valence-electron chi connectivity index (χ2n) is 8.06. The van der Waals surface area contributed by atoms with Gasteiger partial charge in [-0.25, -0.2) is 8.42 Å². The number of nitrogens with zero attached hydrogens (tertiary/aromatic N) is 1. The number of sulfonamides is 1. The van der Waals surface area contributed by atoms with Crippen LogP contribution in [0.25, 0.3) is 0 Å². The van der Waals surface area contributed by atoms with Crippen molar-refractivity contribution in [2.45, 2.75) is 23.2 Å². The van der Waals surface area contributed by atoms with Gasteiger partial charge in [0.2, 0.25) is 6.10 Å². The van der Waals surface area contributed by atoms with E-state index >= 15 is 0 Å². The van der Waals surface area contributed by atoms with Crippen LogP contribution in [0.1, 0.15) is 24.5 Å². The van der Waals surface area contributed by atoms with Gasteiger partial charge in [0.1, 0.15) is 9.96 Å². The van der Waals surface area contributed by atoms with Crippen molar-refractivity contribution in [1.82, 2.24) is 4.31 Å². The summed E-state index contributed by atoms with van der Waals surface area (Å²) < 4.78 is 38.1. The van der Waals surface area contributed by atoms with Crippen LogP contribution in [-0.2, 0) is 24.3 Å². The number of piperidine rings is 1. The van der Waals surface area contributed by atoms with Gasteiger partial charge in [-0.15, -0.1) is 11.3 Å². The lowest BCUT2D eigenvalue weighted by molar-refractivity contribution is -0.160. The van der Waals surface area contributed by atoms with Gasteiger partial charge in [-0.3, -0.25) is 9.59 Å². The molecule has 0 spiro atoms. The minimum absolute atomic E-state index is 0.214. The van der Waals surface area contributed by atoms with E-state index in [0.717, 1.165) is 0 Å². The van der Waals surface area contributed by atoms with Crippen molar-refractivity contribution in [3.63, 3.8) is 0 Å². The molecular weight excluding hydrogens is 488 g/mol. The molecule has 1 aliphatic heterocycles. The van der Waals surface area contributed by atoms with Gasteiger partial charge >= 0.3 is 5.97 Å². The van der Waals surface area contributed by atoms with Gasteiger partial charge in [0, 0.05) is 30.4 Å². The summed E-state index contributed by atoms with van der Waals surface area (Å²) in [5.74, 6) is -0.927. The van der Waals surface area contributed by atoms with E-state index in [4.69, 9.17) is 9.47 Å². The summed E-state index contributed by atoms with van der Waals surface area (Å²) in [5, 5.41) is 4.50. The zero-order valence-corrected chi connectivity index (χ0v) is 20.8. The van der Waals surface area contributed by atoms with Crippen LogP contribution in [0.5, 0.6) is 5.75 Å². The minimum Gasteiger partial charge on any atom is -0.497 e. The number of methoxy groups -OCH3 is 1. The van der Waals surface area contributed by atoms with Crippen LogP contribution in [0, 0.1) is 5.92 Å². The van der Waals surface area contributed by atoms with Gasteiger partial charge in [-0.1, -0.05) is 42.5 Å². The average Bonchev–Trinajstić information content (AvgIpc) is 3.44. The molecule has 10 heteroatoms. The number of nitrogens with one attached hydrogen (secondary N) is 1. The smallest absolute Gasteiger partial charge is 0.310 e. The van der Waals surface area contributed by atoms with E-state index in [2.05, 4.69) is 5.32 Å². The highest BCUT2D eigenvalue weighted by Gasteiger charge is 2.35. The lowest BCUT2D eigenvalue weighted by Gasteiger charge is -2.30. The third-order valence-corrected chi connectivity index (χ3v) is 9.06. The lowest BCUT2D eigenvalue weighted by atomic mass is 9.98. The van der Waals surface area contributed by atoms with Gasteiger partial charge < -0.3 is 14.8 Å². The lowest BCUT2D eigenvalue weighted by Crippen LogP contribution is -2.41. The number of carbonyl (C=O) groups is 2. The molecule has 8 nitrogen and oxygen atoms in total. The molecule has 0 aliphatic carbocycles. The fourth-order valence-electron chi connectivity index (χ4n) is 3.89. The minimum atomic E-state index is -3.56. The Kier molecular flexibility index (Phi) is 7.84. The number of carbonyl (C=O) groups excluding carboxylic acids is 2. The molecule has 184 valence electrons. The molecule has 0 saturated carbocycles. The van der Waals surface area contributed by atoms with Crippen LogP contribution in [0.15, 0.2) is 76.3 Å². The monoisotopic (exact) mass is 514 g/mol. The van der Waals surface area contributed by atoms with E-state index in [9.17, 15) is 18.0 Å². The van der Waals surface area contributed by atoms with Crippen molar-refractivity contribution in [2.75, 3.05) is 25.5 Å². The SMILES string of the molecule is COc1cccc(NC(=O)[C@H](OC(=O)C2CCN(S(=O)(=O)c3cccs3)CC2)c2ccccc2)c1. The standard InChI is InChI=1S/C25H26N2O6S2/c1-32-21-10-5-9-20(17-21)26-24(28)23(18-7-3-2-4-8-18)33-25(29)19-12-14-27(15-13-19)35(30,31)22-11-6-16-34-22/h2-11,16-17,19,23H,12-15H2,1H3,(H,26,28)/t23-/m1/s1. The molecule has 3 aromatic rings. The fraction of sp³-hybridized carbons (Fsp3) is 0.280. The molecule has 1 amide bonds. The highest BCUT2D eigenvalue weighted by atomic mass is 32.2. The Bertz CT molecular complexity index is 1250. The maximum absolute atomic E-state index is 13.1. The first kappa shape index (κ1) is 24.9. The number of rotatable bonds is 8. The summed E-state index contributed by atoms with van der Waals surface area (Å²) in [6.45, 7) is 0.429. The van der Waals surface area contributed by atoms with Crippen molar-refractivity contribution < 1.29 is 27.5 Å². The molecule has 1 aromatic heterocycles. The molecule has 2 heterocycles. The predicted molar refractivity (Wildman–Crippen MR) is 133 cm³/mol. The molecule has 1 fully saturated rings. The number of thiophene rings is 1. The highest BCUT2D eigenvalue weighted by Crippen LogP contribution is 2.29. The maximum Gasteiger partial charge on any atom is 0.310 e. The van der Waals surface area contributed by atoms with Crippen LogP contribution < -0.4 is 10.1 Å². The van der Waals surface area contributed by atoms with E-state index in [0.29, 0.717) is 29.8 Å². The number of anilines is 1. The quantitative estimate of drug-likeness (QED) is 0.455. The molecular formula is C25H26N2O6S2. The van der Waals surface area contributed by atoms with E-state index in [1.807, 2.05) is 6.07 Å². The van der Waals surface area contributed by atoms with Gasteiger partial charge in [0.15, 0.2) is 0 Å². The third-order valence-electron chi connectivity index (χ3n) is 5.79. The summed E-state index contributed by atoms with van der Waals surface area (Å²) in [6.07, 6.45) is -0.506. The molecule has 1 atom stereocenters. The topological polar surface area (TPSA) is 102 Å². The van der Waals surface area contributed by atoms with Crippen LogP contribution in [0.3, 0.4) is 0 Å². The molecule has 1 N–H and O–H groups in total. The maximum atomic E-state index is 13.1. The molecule has 0 unspecified atom stereocenters. The number of ether oxygens (including phenoxy) is 2. The second-order valence-corrected chi connectivity index (χ2v) is 11.2. The van der Waals surface area contributed by atoms with Crippen LogP contribution in [-0.4, -0.2) is 44.8 Å². The van der Waals surface area contributed by atoms with Crippen molar-refractivity contribution in [1.29, 1.82) is 0 Å². The Balaban J connectivity index is 1.44. The Morgan fingerprint density at radius 1 is 1.03 bits per heavy atom. The Morgan fingerprint density at radius 2 is 1.77 bits per heavy atom. The van der Waals surface area contributed by atoms with Crippen molar-refractivity contribution >= 4 is 38.9 Å². The largest absolute Gasteiger partial charge is 0.497 e. The summed E-state index contributed by atoms with van der Waals surface area (Å²) in [4.78, 5) is 26.2. The van der Waals surface area contributed by atoms with Crippen molar-refractivity contribution in [3.05, 3.63) is 77.7 Å². The molecule has 1 saturated heterocycles. The van der Waals surface area contributed by atoms with E-state index in [1.54, 1.807) is 66.0 Å². The Labute approximate surface area is 208 Å². The first-order valence-electron chi connectivity index (χ1n) is 11.1. The van der Waals surface area contributed by atoms with E-state index in [-0.39, 0.29) is 17.3 Å². The summed E-state index contributed by atoms with van der Waals surface area (Å²) in [6, 6.07) is 19.0. The van der Waals surface area contributed by atoms with Crippen molar-refractivity contribution in [2.24, 2.45) is 5.92 Å². The summed E-state index contributed by atoms with van der Waals surface area (Å²) in [7, 11) is -2.03. The second kappa shape index (κ2) is 11.0. The van der Waals surface area contributed by atoms with E-state index < -0.39 is 33.9 Å². The van der Waals surface area contributed by atoms with Crippen molar-refractivity contribution in [3.8, 4) is 5.75 Å². The van der Waals surface area contributed by atoms with E-state index in [1.165, 1.54) is 22.8 Å². The van der Waals surface area contributed by atoms with Gasteiger partial charge in [-0.05, 0) is 36.4 Å². The zero-order chi connectivity index (χ0) is 24.8. The summed E-state index contributed by atoms with van der Waals surface area (Å²) >= 11 is 1.17. The number of esters is 1. The average molecular weight is 515 g/mol. The molecule has 1 aliphatic rings. The molecule has 35 heavy (non-hydrogen) atoms. The van der Waals surface area contributed by atoms with Gasteiger partial charge in [0.25, 0.3) is 15.9 Å². The van der Waals surface area contributed by atoms with Crippen LogP contribution >= 0.6 is 11.3 Å². The van der Waals surface area contributed by atoms with Gasteiger partial charge in [0.05, 0.1) is 13.0 Å². The number of hydrogen-bond acceptors (Lipinski definition) is 7. The molecule has 4 rings (SSSR count). The number of hydrogen-bond donors (Lipinski definition) is 1. The Morgan fingerprint density at radius 3 is 2.43 bits per heavy atom. The fourth-order valence-corrected chi connectivity index (χ4v) is 6.51. The van der Waals surface area contributed by atoms with Crippen LogP contribution in [0.4, 0.5) is 5.69 Å². The molecule has 0 bridgehead atoms. The number of amides is 1.